The Balaban J connectivity index is 1.90. The van der Waals surface area contributed by atoms with Gasteiger partial charge in [0.2, 0.25) is 17.7 Å². The highest BCUT2D eigenvalue weighted by Crippen LogP contribution is 2.36. The van der Waals surface area contributed by atoms with Crippen LogP contribution in [0.5, 0.6) is 0 Å². The van der Waals surface area contributed by atoms with Gasteiger partial charge in [0.15, 0.2) is 8.32 Å². The van der Waals surface area contributed by atoms with Gasteiger partial charge in [-0.1, -0.05) is 51.1 Å². The maximum absolute atomic E-state index is 12.6. The lowest BCUT2D eigenvalue weighted by molar-refractivity contribution is -0.146. The van der Waals surface area contributed by atoms with Crippen molar-refractivity contribution in [2.24, 2.45) is 0 Å². The summed E-state index contributed by atoms with van der Waals surface area (Å²) in [5.41, 5.74) is 0.917. The van der Waals surface area contributed by atoms with Crippen molar-refractivity contribution in [2.75, 3.05) is 13.7 Å². The zero-order chi connectivity index (χ0) is 25.5. The fraction of sp³-hybridized carbons (Fsp3) is 0.583. The molecule has 9 nitrogen and oxygen atoms in total. The van der Waals surface area contributed by atoms with Crippen molar-refractivity contribution in [3.63, 3.8) is 0 Å². The molecule has 3 amide bonds. The second kappa shape index (κ2) is 11.6. The lowest BCUT2D eigenvalue weighted by Gasteiger charge is -2.36. The molecule has 1 aliphatic heterocycles. The van der Waals surface area contributed by atoms with Crippen LogP contribution in [0.1, 0.15) is 39.2 Å². The van der Waals surface area contributed by atoms with Crippen molar-refractivity contribution in [1.29, 1.82) is 0 Å². The second-order valence-corrected chi connectivity index (χ2v) is 14.9. The van der Waals surface area contributed by atoms with Crippen LogP contribution in [0.2, 0.25) is 18.1 Å². The van der Waals surface area contributed by atoms with E-state index in [-0.39, 0.29) is 23.8 Å². The van der Waals surface area contributed by atoms with Crippen LogP contribution in [0, 0.1) is 0 Å². The predicted octanol–water partition coefficient (Wildman–Crippen LogP) is 1.67. The fourth-order valence-electron chi connectivity index (χ4n) is 3.29. The molecule has 10 heteroatoms. The summed E-state index contributed by atoms with van der Waals surface area (Å²) in [4.78, 5) is 49.8. The summed E-state index contributed by atoms with van der Waals surface area (Å²) in [5.74, 6) is -1.92. The SMILES string of the molecule is COC(=O)[C@H](CCO[Si](C)(C)C(C)(C)C)NC(=O)C[C@@H]1NC(=O)[C@H](Cc2ccccc2)NC1=O. The number of hydrogen-bond acceptors (Lipinski definition) is 6. The summed E-state index contributed by atoms with van der Waals surface area (Å²) < 4.78 is 10.9. The quantitative estimate of drug-likeness (QED) is 0.338. The summed E-state index contributed by atoms with van der Waals surface area (Å²) in [6.45, 7) is 10.9. The van der Waals surface area contributed by atoms with Crippen molar-refractivity contribution in [3.05, 3.63) is 35.9 Å². The van der Waals surface area contributed by atoms with Gasteiger partial charge in [0, 0.05) is 19.4 Å². The van der Waals surface area contributed by atoms with Crippen molar-refractivity contribution in [3.8, 4) is 0 Å². The molecule has 1 aliphatic rings. The fourth-order valence-corrected chi connectivity index (χ4v) is 4.35. The van der Waals surface area contributed by atoms with Gasteiger partial charge in [-0.25, -0.2) is 4.79 Å². The third-order valence-corrected chi connectivity index (χ3v) is 11.0. The zero-order valence-electron chi connectivity index (χ0n) is 20.9. The van der Waals surface area contributed by atoms with Crippen LogP contribution in [0.4, 0.5) is 0 Å². The first kappa shape index (κ1) is 27.5. The van der Waals surface area contributed by atoms with Crippen LogP contribution in [0.3, 0.4) is 0 Å². The van der Waals surface area contributed by atoms with E-state index in [1.807, 2.05) is 30.3 Å². The number of ether oxygens (including phenoxy) is 1. The smallest absolute Gasteiger partial charge is 0.328 e. The Morgan fingerprint density at radius 1 is 1.06 bits per heavy atom. The van der Waals surface area contributed by atoms with Gasteiger partial charge < -0.3 is 25.1 Å². The van der Waals surface area contributed by atoms with Gasteiger partial charge in [-0.3, -0.25) is 14.4 Å². The van der Waals surface area contributed by atoms with E-state index in [2.05, 4.69) is 49.8 Å². The average Bonchev–Trinajstić information content (AvgIpc) is 2.75. The normalized spacial score (nSPS) is 19.6. The molecule has 0 bridgehead atoms. The molecular weight excluding hydrogens is 454 g/mol. The van der Waals surface area contributed by atoms with Gasteiger partial charge in [-0.15, -0.1) is 0 Å². The van der Waals surface area contributed by atoms with E-state index in [1.165, 1.54) is 7.11 Å². The summed E-state index contributed by atoms with van der Waals surface area (Å²) in [6, 6.07) is 6.72. The second-order valence-electron chi connectivity index (χ2n) is 10.1. The first-order valence-electron chi connectivity index (χ1n) is 11.5. The van der Waals surface area contributed by atoms with E-state index < -0.39 is 44.2 Å². The van der Waals surface area contributed by atoms with Gasteiger partial charge in [0.1, 0.15) is 18.1 Å². The number of hydrogen-bond donors (Lipinski definition) is 3. The number of benzene rings is 1. The number of rotatable bonds is 10. The monoisotopic (exact) mass is 491 g/mol. The molecule has 1 aromatic rings. The summed E-state index contributed by atoms with van der Waals surface area (Å²) in [7, 11) is -0.761. The summed E-state index contributed by atoms with van der Waals surface area (Å²) in [5, 5.41) is 7.93. The van der Waals surface area contributed by atoms with E-state index in [4.69, 9.17) is 9.16 Å². The molecule has 0 saturated carbocycles. The van der Waals surface area contributed by atoms with E-state index in [1.54, 1.807) is 0 Å². The molecule has 2 rings (SSSR count). The van der Waals surface area contributed by atoms with Crippen molar-refractivity contribution in [2.45, 2.75) is 76.3 Å². The highest BCUT2D eigenvalue weighted by Gasteiger charge is 2.38. The van der Waals surface area contributed by atoms with Crippen molar-refractivity contribution < 1.29 is 28.3 Å². The van der Waals surface area contributed by atoms with Crippen LogP contribution < -0.4 is 16.0 Å². The number of piperazine rings is 1. The highest BCUT2D eigenvalue weighted by molar-refractivity contribution is 6.74. The Kier molecular flexibility index (Phi) is 9.40. The molecule has 1 fully saturated rings. The number of carbonyl (C=O) groups is 4. The average molecular weight is 492 g/mol. The minimum absolute atomic E-state index is 0.0158. The molecule has 3 atom stereocenters. The molecule has 188 valence electrons. The van der Waals surface area contributed by atoms with Gasteiger partial charge in [0.25, 0.3) is 0 Å². The van der Waals surface area contributed by atoms with Gasteiger partial charge in [-0.2, -0.15) is 0 Å². The third-order valence-electron chi connectivity index (χ3n) is 6.43. The molecule has 3 N–H and O–H groups in total. The Morgan fingerprint density at radius 2 is 1.65 bits per heavy atom. The van der Waals surface area contributed by atoms with Crippen LogP contribution >= 0.6 is 0 Å². The zero-order valence-corrected chi connectivity index (χ0v) is 21.9. The maximum atomic E-state index is 12.6. The molecule has 0 aromatic heterocycles. The predicted molar refractivity (Wildman–Crippen MR) is 130 cm³/mol. The topological polar surface area (TPSA) is 123 Å². The molecule has 0 unspecified atom stereocenters. The van der Waals surface area contributed by atoms with E-state index in [0.717, 1.165) is 5.56 Å². The number of carbonyl (C=O) groups excluding carboxylic acids is 4. The van der Waals surface area contributed by atoms with Crippen molar-refractivity contribution >= 4 is 32.0 Å². The van der Waals surface area contributed by atoms with Crippen molar-refractivity contribution in [1.82, 2.24) is 16.0 Å². The minimum atomic E-state index is -2.01. The van der Waals surface area contributed by atoms with Crippen LogP contribution in [-0.4, -0.2) is 63.9 Å². The largest absolute Gasteiger partial charge is 0.467 e. The molecule has 1 heterocycles. The third kappa shape index (κ3) is 7.66. The Morgan fingerprint density at radius 3 is 2.24 bits per heavy atom. The maximum Gasteiger partial charge on any atom is 0.328 e. The summed E-state index contributed by atoms with van der Waals surface area (Å²) >= 11 is 0. The molecule has 0 spiro atoms. The molecule has 1 aromatic carbocycles. The lowest BCUT2D eigenvalue weighted by Crippen LogP contribution is -2.63. The highest BCUT2D eigenvalue weighted by atomic mass is 28.4. The Bertz CT molecular complexity index is 884. The Labute approximate surface area is 202 Å². The number of nitrogens with one attached hydrogen (secondary N) is 3. The molecule has 0 aliphatic carbocycles. The van der Waals surface area contributed by atoms with E-state index in [0.29, 0.717) is 13.0 Å². The standard InChI is InChI=1S/C24H37N3O6Si/c1-24(2,3)34(5,6)33-13-12-17(23(31)32-4)25-20(28)15-19-22(30)26-18(21(29)27-19)14-16-10-8-7-9-11-16/h7-11,17-19H,12-15H2,1-6H3,(H,25,28)(H,26,30)(H,27,29)/t17-,18-,19-/m0/s1. The van der Waals surface area contributed by atoms with Crippen LogP contribution in [0.25, 0.3) is 0 Å². The van der Waals surface area contributed by atoms with Gasteiger partial charge >= 0.3 is 5.97 Å². The van der Waals surface area contributed by atoms with Crippen LogP contribution in [-0.2, 0) is 34.8 Å². The molecule has 34 heavy (non-hydrogen) atoms. The minimum Gasteiger partial charge on any atom is -0.467 e. The van der Waals surface area contributed by atoms with Gasteiger partial charge in [-0.05, 0) is 23.7 Å². The molecular formula is C24H37N3O6Si. The first-order chi connectivity index (χ1) is 15.8. The molecule has 1 saturated heterocycles. The van der Waals surface area contributed by atoms with E-state index >= 15 is 0 Å². The Hall–Kier alpha value is -2.72. The van der Waals surface area contributed by atoms with E-state index in [9.17, 15) is 19.2 Å². The first-order valence-corrected chi connectivity index (χ1v) is 14.4. The number of methoxy groups -OCH3 is 1. The molecule has 0 radical (unpaired) electrons. The summed E-state index contributed by atoms with van der Waals surface area (Å²) in [6.07, 6.45) is 0.315. The number of amides is 3. The lowest BCUT2D eigenvalue weighted by atomic mass is 10.0. The number of esters is 1. The van der Waals surface area contributed by atoms with Gasteiger partial charge in [0.05, 0.1) is 13.5 Å². The van der Waals surface area contributed by atoms with Crippen LogP contribution in [0.15, 0.2) is 30.3 Å².